The minimum atomic E-state index is -1.68. The lowest BCUT2D eigenvalue weighted by molar-refractivity contribution is -0.00424. The Balaban J connectivity index is 2.11. The largest absolute Gasteiger partial charge is 0.444 e. The second-order valence-corrected chi connectivity index (χ2v) is 7.62. The van der Waals surface area contributed by atoms with Crippen LogP contribution in [0.4, 0.5) is 13.6 Å². The molecule has 2 atom stereocenters. The van der Waals surface area contributed by atoms with Crippen molar-refractivity contribution in [2.24, 2.45) is 0 Å². The molecule has 0 aromatic heterocycles. The summed E-state index contributed by atoms with van der Waals surface area (Å²) in [5.41, 5.74) is -0.730. The fraction of sp³-hybridized carbons (Fsp3) is 0.632. The molecule has 0 bridgehead atoms. The number of nitrogens with one attached hydrogen (secondary N) is 1. The molecular weight excluding hydrogens is 326 g/mol. The molecule has 0 saturated carbocycles. The Morgan fingerprint density at radius 3 is 2.64 bits per heavy atom. The summed E-state index contributed by atoms with van der Waals surface area (Å²) in [6.45, 7) is 5.29. The van der Waals surface area contributed by atoms with E-state index in [4.69, 9.17) is 4.74 Å². The van der Waals surface area contributed by atoms with Crippen molar-refractivity contribution in [1.82, 2.24) is 10.2 Å². The Morgan fingerprint density at radius 1 is 1.36 bits per heavy atom. The molecule has 0 spiro atoms. The van der Waals surface area contributed by atoms with Gasteiger partial charge in [-0.1, -0.05) is 30.3 Å². The Bertz CT molecular complexity index is 562. The average Bonchev–Trinajstić information content (AvgIpc) is 2.59. The number of piperidine rings is 1. The van der Waals surface area contributed by atoms with Crippen LogP contribution in [0, 0.1) is 0 Å². The topological polar surface area (TPSA) is 41.6 Å². The lowest BCUT2D eigenvalue weighted by Crippen LogP contribution is -2.63. The van der Waals surface area contributed by atoms with Crippen molar-refractivity contribution in [2.75, 3.05) is 19.8 Å². The summed E-state index contributed by atoms with van der Waals surface area (Å²) >= 11 is 0. The van der Waals surface area contributed by atoms with Crippen LogP contribution < -0.4 is 5.32 Å². The van der Waals surface area contributed by atoms with Crippen molar-refractivity contribution in [2.45, 2.75) is 57.5 Å². The Kier molecular flexibility index (Phi) is 6.38. The van der Waals surface area contributed by atoms with Crippen LogP contribution in [0.3, 0.4) is 0 Å². The fourth-order valence-electron chi connectivity index (χ4n) is 3.10. The van der Waals surface area contributed by atoms with E-state index in [1.165, 1.54) is 4.90 Å². The first-order valence-corrected chi connectivity index (χ1v) is 8.73. The fourth-order valence-corrected chi connectivity index (χ4v) is 3.10. The van der Waals surface area contributed by atoms with E-state index in [0.29, 0.717) is 25.9 Å². The summed E-state index contributed by atoms with van der Waals surface area (Å²) < 4.78 is 33.1. The SMILES string of the molecule is CC(C)(C)OC(=O)N1CCCC(NCc2ccccc2)(C(F)CF)C1. The van der Waals surface area contributed by atoms with E-state index in [2.05, 4.69) is 5.32 Å². The first-order chi connectivity index (χ1) is 11.8. The molecule has 4 nitrogen and oxygen atoms in total. The molecule has 6 heteroatoms. The number of carbonyl (C=O) groups excluding carboxylic acids is 1. The highest BCUT2D eigenvalue weighted by molar-refractivity contribution is 5.68. The van der Waals surface area contributed by atoms with Crippen LogP contribution in [-0.2, 0) is 11.3 Å². The van der Waals surface area contributed by atoms with Crippen LogP contribution in [-0.4, -0.2) is 48.1 Å². The van der Waals surface area contributed by atoms with Crippen molar-refractivity contribution in [3.8, 4) is 0 Å². The lowest BCUT2D eigenvalue weighted by Gasteiger charge is -2.44. The van der Waals surface area contributed by atoms with Gasteiger partial charge in [0, 0.05) is 19.6 Å². The zero-order valence-corrected chi connectivity index (χ0v) is 15.2. The number of nitrogens with zero attached hydrogens (tertiary/aromatic N) is 1. The van der Waals surface area contributed by atoms with Crippen molar-refractivity contribution < 1.29 is 18.3 Å². The van der Waals surface area contributed by atoms with Gasteiger partial charge in [-0.3, -0.25) is 0 Å². The molecular formula is C19H28F2N2O2. The summed E-state index contributed by atoms with van der Waals surface area (Å²) in [5.74, 6) is 0. The normalized spacial score (nSPS) is 22.5. The van der Waals surface area contributed by atoms with Gasteiger partial charge in [0.15, 0.2) is 0 Å². The molecule has 1 aliphatic rings. The third kappa shape index (κ3) is 5.39. The number of hydrogen-bond acceptors (Lipinski definition) is 3. The van der Waals surface area contributed by atoms with E-state index in [1.54, 1.807) is 20.8 Å². The van der Waals surface area contributed by atoms with Gasteiger partial charge in [0.25, 0.3) is 0 Å². The molecule has 1 amide bonds. The predicted molar refractivity (Wildman–Crippen MR) is 93.9 cm³/mol. The number of ether oxygens (including phenoxy) is 1. The van der Waals surface area contributed by atoms with Gasteiger partial charge >= 0.3 is 6.09 Å². The zero-order chi connectivity index (χ0) is 18.5. The maximum absolute atomic E-state index is 14.5. The van der Waals surface area contributed by atoms with Crippen molar-refractivity contribution >= 4 is 6.09 Å². The van der Waals surface area contributed by atoms with E-state index < -0.39 is 30.1 Å². The van der Waals surface area contributed by atoms with Crippen LogP contribution in [0.1, 0.15) is 39.2 Å². The summed E-state index contributed by atoms with van der Waals surface area (Å²) in [7, 11) is 0. The number of benzene rings is 1. The number of halogens is 2. The third-order valence-corrected chi connectivity index (χ3v) is 4.40. The van der Waals surface area contributed by atoms with E-state index in [1.807, 2.05) is 30.3 Å². The number of alkyl halides is 2. The van der Waals surface area contributed by atoms with Gasteiger partial charge in [0.1, 0.15) is 18.4 Å². The Labute approximate surface area is 148 Å². The Hall–Kier alpha value is -1.69. The van der Waals surface area contributed by atoms with Crippen molar-refractivity contribution in [1.29, 1.82) is 0 Å². The smallest absolute Gasteiger partial charge is 0.410 e. The highest BCUT2D eigenvalue weighted by atomic mass is 19.2. The summed E-state index contributed by atoms with van der Waals surface area (Å²) in [6.07, 6.45) is -1.09. The van der Waals surface area contributed by atoms with Gasteiger partial charge in [-0.15, -0.1) is 0 Å². The first kappa shape index (κ1) is 19.6. The van der Waals surface area contributed by atoms with Gasteiger partial charge in [0.05, 0.1) is 5.54 Å². The van der Waals surface area contributed by atoms with Crippen LogP contribution in [0.5, 0.6) is 0 Å². The third-order valence-electron chi connectivity index (χ3n) is 4.40. The molecule has 1 aliphatic heterocycles. The molecule has 1 fully saturated rings. The van der Waals surface area contributed by atoms with E-state index in [9.17, 15) is 13.6 Å². The van der Waals surface area contributed by atoms with Gasteiger partial charge in [-0.2, -0.15) is 0 Å². The van der Waals surface area contributed by atoms with Gasteiger partial charge < -0.3 is 15.0 Å². The van der Waals surface area contributed by atoms with Gasteiger partial charge in [0.2, 0.25) is 0 Å². The molecule has 1 N–H and O–H groups in total. The summed E-state index contributed by atoms with van der Waals surface area (Å²) in [4.78, 5) is 13.8. The van der Waals surface area contributed by atoms with Crippen molar-refractivity contribution in [3.63, 3.8) is 0 Å². The molecule has 2 unspecified atom stereocenters. The minimum Gasteiger partial charge on any atom is -0.444 e. The predicted octanol–water partition coefficient (Wildman–Crippen LogP) is 3.85. The second-order valence-electron chi connectivity index (χ2n) is 7.62. The highest BCUT2D eigenvalue weighted by Crippen LogP contribution is 2.29. The number of carbonyl (C=O) groups is 1. The van der Waals surface area contributed by atoms with E-state index in [0.717, 1.165) is 5.56 Å². The molecule has 1 saturated heterocycles. The molecule has 1 aromatic carbocycles. The standard InChI is InChI=1S/C19H28F2N2O2/c1-18(2,3)25-17(24)23-11-7-10-19(14-23,16(21)12-20)22-13-15-8-5-4-6-9-15/h4-6,8-9,16,22H,7,10-14H2,1-3H3. The maximum atomic E-state index is 14.5. The lowest BCUT2D eigenvalue weighted by atomic mass is 9.84. The second kappa shape index (κ2) is 8.13. The summed E-state index contributed by atoms with van der Waals surface area (Å²) in [6, 6.07) is 9.57. The maximum Gasteiger partial charge on any atom is 0.410 e. The molecule has 0 radical (unpaired) electrons. The molecule has 140 valence electrons. The number of rotatable bonds is 5. The number of likely N-dealkylation sites (tertiary alicyclic amines) is 1. The Morgan fingerprint density at radius 2 is 2.04 bits per heavy atom. The van der Waals surface area contributed by atoms with Crippen LogP contribution in [0.15, 0.2) is 30.3 Å². The first-order valence-electron chi connectivity index (χ1n) is 8.73. The number of hydrogen-bond donors (Lipinski definition) is 1. The molecule has 0 aliphatic carbocycles. The van der Waals surface area contributed by atoms with Gasteiger partial charge in [-0.05, 0) is 39.2 Å². The molecule has 2 rings (SSSR count). The monoisotopic (exact) mass is 354 g/mol. The van der Waals surface area contributed by atoms with Gasteiger partial charge in [-0.25, -0.2) is 13.6 Å². The van der Waals surface area contributed by atoms with Crippen LogP contribution in [0.2, 0.25) is 0 Å². The van der Waals surface area contributed by atoms with E-state index >= 15 is 0 Å². The van der Waals surface area contributed by atoms with Crippen molar-refractivity contribution in [3.05, 3.63) is 35.9 Å². The highest BCUT2D eigenvalue weighted by Gasteiger charge is 2.44. The molecule has 25 heavy (non-hydrogen) atoms. The number of amides is 1. The quantitative estimate of drug-likeness (QED) is 0.873. The molecule has 1 heterocycles. The molecule has 1 aromatic rings. The van der Waals surface area contributed by atoms with E-state index in [-0.39, 0.29) is 6.54 Å². The average molecular weight is 354 g/mol. The minimum absolute atomic E-state index is 0.0971. The van der Waals surface area contributed by atoms with Crippen LogP contribution >= 0.6 is 0 Å². The summed E-state index contributed by atoms with van der Waals surface area (Å²) in [5, 5.41) is 3.19. The van der Waals surface area contributed by atoms with Crippen LogP contribution in [0.25, 0.3) is 0 Å². The zero-order valence-electron chi connectivity index (χ0n) is 15.2.